The molecule has 2 rings (SSSR count). The van der Waals surface area contributed by atoms with Crippen LogP contribution in [0.4, 0.5) is 32.0 Å². The highest BCUT2D eigenvalue weighted by Crippen LogP contribution is 2.31. The molecule has 140 valence electrons. The van der Waals surface area contributed by atoms with Gasteiger partial charge in [0, 0.05) is 11.9 Å². The molecule has 26 heavy (non-hydrogen) atoms. The van der Waals surface area contributed by atoms with Crippen LogP contribution in [0.5, 0.6) is 0 Å². The third kappa shape index (κ3) is 5.46. The summed E-state index contributed by atoms with van der Waals surface area (Å²) in [6, 6.07) is 5.11. The maximum absolute atomic E-state index is 12.7. The standard InChI is InChI=1S/C15H10ClF6N3S/c16-11-5-9(15(20,21)22)6-23-12(11)7-24-13(26)25-10-3-1-2-8(4-10)14(17,18)19/h1-6H,7H2,(H2,24,25,26). The van der Waals surface area contributed by atoms with Gasteiger partial charge in [0.2, 0.25) is 0 Å². The lowest BCUT2D eigenvalue weighted by Crippen LogP contribution is -2.28. The first kappa shape index (κ1) is 20.2. The summed E-state index contributed by atoms with van der Waals surface area (Å²) >= 11 is 10.7. The molecular formula is C15H10ClF6N3S. The number of alkyl halides is 6. The second kappa shape index (κ2) is 7.67. The zero-order valence-corrected chi connectivity index (χ0v) is 14.2. The van der Waals surface area contributed by atoms with Gasteiger partial charge in [0.1, 0.15) is 0 Å². The second-order valence-electron chi connectivity index (χ2n) is 5.04. The van der Waals surface area contributed by atoms with E-state index in [1.54, 1.807) is 0 Å². The Morgan fingerprint density at radius 1 is 1.04 bits per heavy atom. The van der Waals surface area contributed by atoms with Gasteiger partial charge in [-0.1, -0.05) is 17.7 Å². The van der Waals surface area contributed by atoms with Gasteiger partial charge in [0.05, 0.1) is 28.4 Å². The van der Waals surface area contributed by atoms with E-state index in [9.17, 15) is 26.3 Å². The molecule has 1 aromatic carbocycles. The molecule has 1 aromatic heterocycles. The van der Waals surface area contributed by atoms with Gasteiger partial charge in [-0.15, -0.1) is 0 Å². The molecule has 2 aromatic rings. The SMILES string of the molecule is FC(F)(F)c1cccc(NC(=S)NCc2ncc(C(F)(F)F)cc2Cl)c1. The number of rotatable bonds is 3. The Labute approximate surface area is 154 Å². The number of nitrogens with zero attached hydrogens (tertiary/aromatic N) is 1. The van der Waals surface area contributed by atoms with Gasteiger partial charge in [0.25, 0.3) is 0 Å². The molecular weight excluding hydrogens is 404 g/mol. The lowest BCUT2D eigenvalue weighted by molar-refractivity contribution is -0.138. The Bertz CT molecular complexity index is 807. The van der Waals surface area contributed by atoms with Crippen LogP contribution in [0.2, 0.25) is 5.02 Å². The zero-order valence-electron chi connectivity index (χ0n) is 12.7. The van der Waals surface area contributed by atoms with E-state index in [1.807, 2.05) is 0 Å². The molecule has 0 spiro atoms. The van der Waals surface area contributed by atoms with Crippen molar-refractivity contribution in [3.63, 3.8) is 0 Å². The predicted molar refractivity (Wildman–Crippen MR) is 88.8 cm³/mol. The van der Waals surface area contributed by atoms with Crippen LogP contribution in [0.1, 0.15) is 16.8 Å². The summed E-state index contributed by atoms with van der Waals surface area (Å²) in [5, 5.41) is 4.91. The summed E-state index contributed by atoms with van der Waals surface area (Å²) in [6.07, 6.45) is -8.43. The van der Waals surface area contributed by atoms with Crippen LogP contribution < -0.4 is 10.6 Å². The number of hydrogen-bond donors (Lipinski definition) is 2. The minimum absolute atomic E-state index is 0.0397. The van der Waals surface area contributed by atoms with Crippen molar-refractivity contribution in [2.24, 2.45) is 0 Å². The molecule has 3 nitrogen and oxygen atoms in total. The predicted octanol–water partition coefficient (Wildman–Crippen LogP) is 5.26. The maximum Gasteiger partial charge on any atom is 0.417 e. The van der Waals surface area contributed by atoms with Crippen molar-refractivity contribution in [3.05, 3.63) is 58.4 Å². The fourth-order valence-electron chi connectivity index (χ4n) is 1.86. The smallest absolute Gasteiger partial charge is 0.357 e. The number of halogens is 7. The average molecular weight is 414 g/mol. The molecule has 0 saturated carbocycles. The van der Waals surface area contributed by atoms with Crippen LogP contribution in [0.25, 0.3) is 0 Å². The van der Waals surface area contributed by atoms with E-state index in [0.29, 0.717) is 6.20 Å². The Morgan fingerprint density at radius 3 is 2.27 bits per heavy atom. The van der Waals surface area contributed by atoms with E-state index >= 15 is 0 Å². The van der Waals surface area contributed by atoms with Gasteiger partial charge in [-0.3, -0.25) is 4.98 Å². The van der Waals surface area contributed by atoms with Crippen molar-refractivity contribution in [3.8, 4) is 0 Å². The van der Waals surface area contributed by atoms with Gasteiger partial charge in [-0.25, -0.2) is 0 Å². The molecule has 0 aliphatic rings. The van der Waals surface area contributed by atoms with E-state index in [-0.39, 0.29) is 28.1 Å². The van der Waals surface area contributed by atoms with Crippen LogP contribution >= 0.6 is 23.8 Å². The number of pyridine rings is 1. The lowest BCUT2D eigenvalue weighted by Gasteiger charge is -2.13. The first-order chi connectivity index (χ1) is 12.0. The summed E-state index contributed by atoms with van der Waals surface area (Å²) < 4.78 is 75.6. The van der Waals surface area contributed by atoms with E-state index in [4.69, 9.17) is 23.8 Å². The highest BCUT2D eigenvalue weighted by Gasteiger charge is 2.32. The van der Waals surface area contributed by atoms with Gasteiger partial charge in [-0.05, 0) is 36.5 Å². The third-order valence-corrected chi connectivity index (χ3v) is 3.68. The molecule has 0 radical (unpaired) electrons. The Kier molecular flexibility index (Phi) is 5.97. The normalized spacial score (nSPS) is 12.0. The minimum Gasteiger partial charge on any atom is -0.357 e. The molecule has 2 N–H and O–H groups in total. The average Bonchev–Trinajstić information content (AvgIpc) is 2.52. The fraction of sp³-hybridized carbons (Fsp3) is 0.200. The number of aromatic nitrogens is 1. The van der Waals surface area contributed by atoms with Gasteiger partial charge in [-0.2, -0.15) is 26.3 Å². The van der Waals surface area contributed by atoms with Gasteiger partial charge < -0.3 is 10.6 Å². The monoisotopic (exact) mass is 413 g/mol. The van der Waals surface area contributed by atoms with Gasteiger partial charge in [0.15, 0.2) is 5.11 Å². The third-order valence-electron chi connectivity index (χ3n) is 3.11. The van der Waals surface area contributed by atoms with Crippen LogP contribution in [-0.4, -0.2) is 10.1 Å². The summed E-state index contributed by atoms with van der Waals surface area (Å²) in [6.45, 7) is -0.109. The Balaban J connectivity index is 1.99. The van der Waals surface area contributed by atoms with Crippen LogP contribution in [-0.2, 0) is 18.9 Å². The van der Waals surface area contributed by atoms with Crippen molar-refractivity contribution in [2.45, 2.75) is 18.9 Å². The number of nitrogens with one attached hydrogen (secondary N) is 2. The number of hydrogen-bond acceptors (Lipinski definition) is 2. The topological polar surface area (TPSA) is 37.0 Å². The van der Waals surface area contributed by atoms with Gasteiger partial charge >= 0.3 is 12.4 Å². The summed E-state index contributed by atoms with van der Waals surface area (Å²) in [4.78, 5) is 3.62. The quantitative estimate of drug-likeness (QED) is 0.531. The molecule has 0 aliphatic heterocycles. The Morgan fingerprint density at radius 2 is 1.69 bits per heavy atom. The molecule has 0 unspecified atom stereocenters. The van der Waals surface area contributed by atoms with Crippen molar-refractivity contribution in [1.29, 1.82) is 0 Å². The lowest BCUT2D eigenvalue weighted by atomic mass is 10.2. The largest absolute Gasteiger partial charge is 0.417 e. The Hall–Kier alpha value is -2.07. The first-order valence-electron chi connectivity index (χ1n) is 6.90. The van der Waals surface area contributed by atoms with Crippen molar-refractivity contribution in [1.82, 2.24) is 10.3 Å². The highest BCUT2D eigenvalue weighted by atomic mass is 35.5. The zero-order chi connectivity index (χ0) is 19.5. The molecule has 0 amide bonds. The summed E-state index contributed by atoms with van der Waals surface area (Å²) in [5.41, 5.74) is -1.63. The number of benzene rings is 1. The van der Waals surface area contributed by atoms with Crippen LogP contribution in [0, 0.1) is 0 Å². The van der Waals surface area contributed by atoms with Crippen molar-refractivity contribution >= 4 is 34.6 Å². The van der Waals surface area contributed by atoms with E-state index in [2.05, 4.69) is 15.6 Å². The van der Waals surface area contributed by atoms with Crippen molar-refractivity contribution in [2.75, 3.05) is 5.32 Å². The van der Waals surface area contributed by atoms with Crippen molar-refractivity contribution < 1.29 is 26.3 Å². The molecule has 0 fully saturated rings. The summed E-state index contributed by atoms with van der Waals surface area (Å²) in [7, 11) is 0. The van der Waals surface area contributed by atoms with E-state index in [1.165, 1.54) is 12.1 Å². The summed E-state index contributed by atoms with van der Waals surface area (Å²) in [5.74, 6) is 0. The van der Waals surface area contributed by atoms with E-state index < -0.39 is 23.5 Å². The number of anilines is 1. The van der Waals surface area contributed by atoms with Crippen LogP contribution in [0.15, 0.2) is 36.5 Å². The molecule has 0 aliphatic carbocycles. The maximum atomic E-state index is 12.7. The fourth-order valence-corrected chi connectivity index (χ4v) is 2.29. The first-order valence-corrected chi connectivity index (χ1v) is 7.69. The molecule has 0 atom stereocenters. The second-order valence-corrected chi connectivity index (χ2v) is 5.85. The molecule has 0 bridgehead atoms. The molecule has 0 saturated heterocycles. The van der Waals surface area contributed by atoms with E-state index in [0.717, 1.165) is 18.2 Å². The minimum atomic E-state index is -4.57. The molecule has 11 heteroatoms. The van der Waals surface area contributed by atoms with Crippen LogP contribution in [0.3, 0.4) is 0 Å². The number of thiocarbonyl (C=S) groups is 1. The molecule has 1 heterocycles. The highest BCUT2D eigenvalue weighted by molar-refractivity contribution is 7.80.